The van der Waals surface area contributed by atoms with Crippen molar-refractivity contribution in [2.45, 2.75) is 52.6 Å². The van der Waals surface area contributed by atoms with Crippen molar-refractivity contribution < 1.29 is 19.1 Å². The van der Waals surface area contributed by atoms with Gasteiger partial charge in [-0.2, -0.15) is 0 Å². The van der Waals surface area contributed by atoms with Crippen LogP contribution in [0.1, 0.15) is 46.5 Å². The lowest BCUT2D eigenvalue weighted by Crippen LogP contribution is -2.33. The molecule has 0 spiro atoms. The molecule has 0 aromatic heterocycles. The summed E-state index contributed by atoms with van der Waals surface area (Å²) in [7, 11) is 0. The Morgan fingerprint density at radius 2 is 1.95 bits per heavy atom. The van der Waals surface area contributed by atoms with Crippen LogP contribution >= 0.6 is 0 Å². The van der Waals surface area contributed by atoms with Crippen molar-refractivity contribution in [3.05, 3.63) is 12.2 Å². The van der Waals surface area contributed by atoms with Gasteiger partial charge in [0, 0.05) is 12.0 Å². The molecule has 0 saturated carbocycles. The lowest BCUT2D eigenvalue weighted by molar-refractivity contribution is -0.150. The van der Waals surface area contributed by atoms with Crippen molar-refractivity contribution in [3.8, 4) is 0 Å². The summed E-state index contributed by atoms with van der Waals surface area (Å²) >= 11 is 0. The van der Waals surface area contributed by atoms with Crippen LogP contribution < -0.4 is 5.32 Å². The fourth-order valence-corrected chi connectivity index (χ4v) is 1.32. The minimum atomic E-state index is -0.543. The first-order valence-corrected chi connectivity index (χ1v) is 6.51. The molecule has 1 amide bonds. The number of amides is 1. The fourth-order valence-electron chi connectivity index (χ4n) is 1.32. The van der Waals surface area contributed by atoms with Crippen LogP contribution in [0.4, 0.5) is 0 Å². The third-order valence-corrected chi connectivity index (χ3v) is 2.42. The minimum absolute atomic E-state index is 0.106. The van der Waals surface area contributed by atoms with Crippen LogP contribution in [-0.2, 0) is 19.1 Å². The molecule has 0 aliphatic heterocycles. The summed E-state index contributed by atoms with van der Waals surface area (Å²) in [5.74, 6) is -0.926. The molecule has 1 unspecified atom stereocenters. The molecule has 0 aromatic carbocycles. The number of Topliss-reactive ketones (excluding diaryl/α,β-unsaturated/α-hetero) is 1. The van der Waals surface area contributed by atoms with Crippen molar-refractivity contribution in [2.75, 3.05) is 6.54 Å². The zero-order chi connectivity index (χ0) is 14.8. The standard InChI is InChI=1S/C14H23NO4/c1-5-6-7-12(16)8-13(17)19-11(4)9-15-14(18)10(2)3/h11H,2,5-9H2,1,3-4H3,(H,15,18). The van der Waals surface area contributed by atoms with Gasteiger partial charge in [-0.05, 0) is 20.3 Å². The highest BCUT2D eigenvalue weighted by molar-refractivity contribution is 5.95. The quantitative estimate of drug-likeness (QED) is 0.393. The van der Waals surface area contributed by atoms with Gasteiger partial charge in [0.25, 0.3) is 0 Å². The molecule has 1 atom stereocenters. The molecule has 0 radical (unpaired) electrons. The summed E-state index contributed by atoms with van der Waals surface area (Å²) in [5.41, 5.74) is 0.397. The van der Waals surface area contributed by atoms with E-state index < -0.39 is 12.1 Å². The third kappa shape index (κ3) is 8.99. The predicted octanol–water partition coefficient (Wildman–Crippen LogP) is 1.76. The SMILES string of the molecule is C=C(C)C(=O)NCC(C)OC(=O)CC(=O)CCCC. The zero-order valence-electron chi connectivity index (χ0n) is 12.0. The molecule has 5 heteroatoms. The molecule has 0 fully saturated rings. The molecule has 0 aliphatic rings. The molecule has 19 heavy (non-hydrogen) atoms. The van der Waals surface area contributed by atoms with Crippen LogP contribution in [0.5, 0.6) is 0 Å². The van der Waals surface area contributed by atoms with Gasteiger partial charge < -0.3 is 10.1 Å². The van der Waals surface area contributed by atoms with E-state index in [4.69, 9.17) is 4.74 Å². The number of rotatable bonds is 9. The second kappa shape index (κ2) is 9.30. The number of carbonyl (C=O) groups excluding carboxylic acids is 3. The van der Waals surface area contributed by atoms with Gasteiger partial charge in [0.15, 0.2) is 0 Å². The van der Waals surface area contributed by atoms with Crippen LogP contribution in [0.2, 0.25) is 0 Å². The minimum Gasteiger partial charge on any atom is -0.460 e. The Kier molecular flexibility index (Phi) is 8.49. The van der Waals surface area contributed by atoms with Crippen molar-refractivity contribution in [2.24, 2.45) is 0 Å². The average Bonchev–Trinajstić information content (AvgIpc) is 2.32. The zero-order valence-corrected chi connectivity index (χ0v) is 12.0. The average molecular weight is 269 g/mol. The first-order chi connectivity index (χ1) is 8.86. The molecule has 0 saturated heterocycles. The van der Waals surface area contributed by atoms with E-state index in [0.717, 1.165) is 12.8 Å². The van der Waals surface area contributed by atoms with E-state index in [9.17, 15) is 14.4 Å². The highest BCUT2D eigenvalue weighted by Crippen LogP contribution is 2.01. The van der Waals surface area contributed by atoms with E-state index in [1.807, 2.05) is 6.92 Å². The predicted molar refractivity (Wildman–Crippen MR) is 72.5 cm³/mol. The van der Waals surface area contributed by atoms with Gasteiger partial charge in [0.05, 0.1) is 6.54 Å². The Hall–Kier alpha value is -1.65. The molecular formula is C14H23NO4. The Morgan fingerprint density at radius 3 is 2.47 bits per heavy atom. The third-order valence-electron chi connectivity index (χ3n) is 2.42. The first-order valence-electron chi connectivity index (χ1n) is 6.51. The molecule has 1 N–H and O–H groups in total. The van der Waals surface area contributed by atoms with Gasteiger partial charge in [0.1, 0.15) is 18.3 Å². The maximum absolute atomic E-state index is 11.4. The van der Waals surface area contributed by atoms with E-state index in [1.54, 1.807) is 13.8 Å². The van der Waals surface area contributed by atoms with Crippen molar-refractivity contribution >= 4 is 17.7 Å². The van der Waals surface area contributed by atoms with E-state index in [-0.39, 0.29) is 24.7 Å². The molecular weight excluding hydrogens is 246 g/mol. The highest BCUT2D eigenvalue weighted by Gasteiger charge is 2.14. The molecule has 0 rings (SSSR count). The summed E-state index contributed by atoms with van der Waals surface area (Å²) in [6.45, 7) is 8.95. The van der Waals surface area contributed by atoms with E-state index in [2.05, 4.69) is 11.9 Å². The Bertz CT molecular complexity index is 349. The van der Waals surface area contributed by atoms with E-state index in [0.29, 0.717) is 12.0 Å². The monoisotopic (exact) mass is 269 g/mol. The number of ketones is 1. The van der Waals surface area contributed by atoms with Gasteiger partial charge in [-0.25, -0.2) is 0 Å². The summed E-state index contributed by atoms with van der Waals surface area (Å²) in [5, 5.41) is 2.57. The topological polar surface area (TPSA) is 72.5 Å². The van der Waals surface area contributed by atoms with Crippen LogP contribution in [0, 0.1) is 0 Å². The highest BCUT2D eigenvalue weighted by atomic mass is 16.5. The Balaban J connectivity index is 3.89. The molecule has 0 heterocycles. The van der Waals surface area contributed by atoms with Gasteiger partial charge in [-0.15, -0.1) is 0 Å². The Labute approximate surface area is 114 Å². The summed E-state index contributed by atoms with van der Waals surface area (Å²) in [6, 6.07) is 0. The smallest absolute Gasteiger partial charge is 0.313 e. The lowest BCUT2D eigenvalue weighted by Gasteiger charge is -2.13. The van der Waals surface area contributed by atoms with Crippen LogP contribution in [0.3, 0.4) is 0 Å². The first kappa shape index (κ1) is 17.4. The van der Waals surface area contributed by atoms with Gasteiger partial charge in [-0.3, -0.25) is 14.4 Å². The van der Waals surface area contributed by atoms with E-state index in [1.165, 1.54) is 0 Å². The van der Waals surface area contributed by atoms with Gasteiger partial charge in [-0.1, -0.05) is 19.9 Å². The number of carbonyl (C=O) groups is 3. The van der Waals surface area contributed by atoms with Crippen LogP contribution in [0.25, 0.3) is 0 Å². The van der Waals surface area contributed by atoms with Crippen LogP contribution in [-0.4, -0.2) is 30.3 Å². The molecule has 0 bridgehead atoms. The summed E-state index contributed by atoms with van der Waals surface area (Å²) in [6.07, 6.45) is 1.46. The summed E-state index contributed by atoms with van der Waals surface area (Å²) < 4.78 is 5.03. The van der Waals surface area contributed by atoms with Crippen molar-refractivity contribution in [1.29, 1.82) is 0 Å². The second-order valence-corrected chi connectivity index (χ2v) is 4.61. The molecule has 0 aliphatic carbocycles. The number of unbranched alkanes of at least 4 members (excludes halogenated alkanes) is 1. The van der Waals surface area contributed by atoms with Crippen molar-refractivity contribution in [3.63, 3.8) is 0 Å². The lowest BCUT2D eigenvalue weighted by atomic mass is 10.1. The number of esters is 1. The largest absolute Gasteiger partial charge is 0.460 e. The van der Waals surface area contributed by atoms with E-state index >= 15 is 0 Å². The maximum atomic E-state index is 11.4. The number of ether oxygens (including phenoxy) is 1. The normalized spacial score (nSPS) is 11.5. The molecule has 0 aromatic rings. The van der Waals surface area contributed by atoms with Crippen molar-refractivity contribution in [1.82, 2.24) is 5.32 Å². The summed E-state index contributed by atoms with van der Waals surface area (Å²) in [4.78, 5) is 34.0. The van der Waals surface area contributed by atoms with Gasteiger partial charge >= 0.3 is 5.97 Å². The van der Waals surface area contributed by atoms with Gasteiger partial charge in [0.2, 0.25) is 5.91 Å². The number of hydrogen-bond acceptors (Lipinski definition) is 4. The fraction of sp³-hybridized carbons (Fsp3) is 0.643. The Morgan fingerprint density at radius 1 is 1.32 bits per heavy atom. The molecule has 108 valence electrons. The number of hydrogen-bond donors (Lipinski definition) is 1. The van der Waals surface area contributed by atoms with Crippen LogP contribution in [0.15, 0.2) is 12.2 Å². The molecule has 5 nitrogen and oxygen atoms in total. The maximum Gasteiger partial charge on any atom is 0.313 e. The number of nitrogens with one attached hydrogen (secondary N) is 1. The second-order valence-electron chi connectivity index (χ2n) is 4.61.